The largest absolute Gasteiger partial charge is 0.371 e. The molecule has 1 aliphatic heterocycles. The summed E-state index contributed by atoms with van der Waals surface area (Å²) in [6, 6.07) is 1.83. The Morgan fingerprint density at radius 1 is 1.40 bits per heavy atom. The van der Waals surface area contributed by atoms with Crippen LogP contribution in [0.5, 0.6) is 0 Å². The molecule has 1 amide bonds. The molecule has 5 heteroatoms. The van der Waals surface area contributed by atoms with Crippen LogP contribution in [0.4, 0.5) is 0 Å². The summed E-state index contributed by atoms with van der Waals surface area (Å²) in [5.41, 5.74) is 0.738. The van der Waals surface area contributed by atoms with Crippen molar-refractivity contribution in [3.8, 4) is 0 Å². The highest BCUT2D eigenvalue weighted by Gasteiger charge is 2.39. The van der Waals surface area contributed by atoms with Crippen LogP contribution in [0.1, 0.15) is 43.6 Å². The maximum Gasteiger partial charge on any atom is 0.230 e. The van der Waals surface area contributed by atoms with Gasteiger partial charge in [-0.2, -0.15) is 0 Å². The van der Waals surface area contributed by atoms with Crippen molar-refractivity contribution >= 4 is 5.91 Å². The Kier molecular flexibility index (Phi) is 3.78. The van der Waals surface area contributed by atoms with Crippen LogP contribution >= 0.6 is 0 Å². The average molecular weight is 278 g/mol. The quantitative estimate of drug-likeness (QED) is 0.831. The van der Waals surface area contributed by atoms with Crippen molar-refractivity contribution < 1.29 is 14.1 Å². The summed E-state index contributed by atoms with van der Waals surface area (Å²) in [4.78, 5) is 14.3. The predicted octanol–water partition coefficient (Wildman–Crippen LogP) is 2.09. The number of hydrogen-bond donors (Lipinski definition) is 0. The minimum Gasteiger partial charge on any atom is -0.371 e. The molecule has 0 aromatic carbocycles. The number of carbonyl (C=O) groups is 1. The maximum atomic E-state index is 12.4. The van der Waals surface area contributed by atoms with Crippen LogP contribution in [-0.2, 0) is 16.0 Å². The van der Waals surface area contributed by atoms with E-state index in [1.807, 2.05) is 17.9 Å². The van der Waals surface area contributed by atoms with Crippen LogP contribution < -0.4 is 0 Å². The fraction of sp³-hybridized carbons (Fsp3) is 0.733. The lowest BCUT2D eigenvalue weighted by Crippen LogP contribution is -2.54. The van der Waals surface area contributed by atoms with Gasteiger partial charge in [-0.3, -0.25) is 4.79 Å². The molecule has 1 aromatic heterocycles. The molecule has 2 fully saturated rings. The molecule has 110 valence electrons. The number of rotatable bonds is 2. The van der Waals surface area contributed by atoms with E-state index in [2.05, 4.69) is 5.16 Å². The fourth-order valence-electron chi connectivity index (χ4n) is 3.32. The van der Waals surface area contributed by atoms with Crippen LogP contribution in [0.2, 0.25) is 0 Å². The van der Waals surface area contributed by atoms with Crippen molar-refractivity contribution in [2.45, 2.75) is 51.0 Å². The van der Waals surface area contributed by atoms with Crippen molar-refractivity contribution in [3.63, 3.8) is 0 Å². The monoisotopic (exact) mass is 278 g/mol. The Balaban J connectivity index is 1.62. The van der Waals surface area contributed by atoms with Crippen molar-refractivity contribution in [2.75, 3.05) is 19.7 Å². The van der Waals surface area contributed by atoms with Crippen LogP contribution in [0.15, 0.2) is 10.6 Å². The number of morpholine rings is 1. The Morgan fingerprint density at radius 3 is 2.90 bits per heavy atom. The van der Waals surface area contributed by atoms with Gasteiger partial charge in [0.05, 0.1) is 24.3 Å². The van der Waals surface area contributed by atoms with E-state index in [0.717, 1.165) is 25.1 Å². The summed E-state index contributed by atoms with van der Waals surface area (Å²) in [6.07, 6.45) is 6.18. The molecule has 5 nitrogen and oxygen atoms in total. The predicted molar refractivity (Wildman–Crippen MR) is 73.3 cm³/mol. The lowest BCUT2D eigenvalue weighted by molar-refractivity contribution is -0.156. The van der Waals surface area contributed by atoms with E-state index in [0.29, 0.717) is 25.3 Å². The molecule has 1 spiro atoms. The van der Waals surface area contributed by atoms with Gasteiger partial charge in [0, 0.05) is 19.2 Å². The molecule has 0 bridgehead atoms. The van der Waals surface area contributed by atoms with Crippen molar-refractivity contribution in [3.05, 3.63) is 17.5 Å². The first-order valence-electron chi connectivity index (χ1n) is 7.51. The third-order valence-corrected chi connectivity index (χ3v) is 4.37. The van der Waals surface area contributed by atoms with Crippen LogP contribution in [0.25, 0.3) is 0 Å². The second-order valence-corrected chi connectivity index (χ2v) is 6.02. The van der Waals surface area contributed by atoms with E-state index in [9.17, 15) is 4.79 Å². The molecule has 0 atom stereocenters. The molecular weight excluding hydrogens is 256 g/mol. The molecule has 0 radical (unpaired) electrons. The van der Waals surface area contributed by atoms with Gasteiger partial charge in [0.2, 0.25) is 5.91 Å². The molecule has 1 saturated carbocycles. The standard InChI is InChI=1S/C15H22N2O3/c1-12-9-13(20-16-12)10-14(18)17-7-8-19-15(11-17)5-3-2-4-6-15/h9H,2-8,10-11H2,1H3. The molecular formula is C15H22N2O3. The zero-order valence-corrected chi connectivity index (χ0v) is 12.1. The topological polar surface area (TPSA) is 55.6 Å². The number of carbonyl (C=O) groups excluding carboxylic acids is 1. The second-order valence-electron chi connectivity index (χ2n) is 6.02. The zero-order valence-electron chi connectivity index (χ0n) is 12.1. The van der Waals surface area contributed by atoms with Crippen molar-refractivity contribution in [1.29, 1.82) is 0 Å². The Hall–Kier alpha value is -1.36. The third-order valence-electron chi connectivity index (χ3n) is 4.37. The molecule has 1 saturated heterocycles. The average Bonchev–Trinajstić information content (AvgIpc) is 2.85. The number of ether oxygens (including phenoxy) is 1. The molecule has 0 N–H and O–H groups in total. The van der Waals surface area contributed by atoms with E-state index in [4.69, 9.17) is 9.26 Å². The lowest BCUT2D eigenvalue weighted by atomic mass is 9.83. The summed E-state index contributed by atoms with van der Waals surface area (Å²) in [5, 5.41) is 3.83. The van der Waals surface area contributed by atoms with Crippen molar-refractivity contribution in [1.82, 2.24) is 10.1 Å². The van der Waals surface area contributed by atoms with Crippen LogP contribution in [0.3, 0.4) is 0 Å². The van der Waals surface area contributed by atoms with Gasteiger partial charge in [-0.15, -0.1) is 0 Å². The van der Waals surface area contributed by atoms with Crippen LogP contribution in [0, 0.1) is 6.92 Å². The highest BCUT2D eigenvalue weighted by molar-refractivity contribution is 5.78. The molecule has 20 heavy (non-hydrogen) atoms. The number of hydrogen-bond acceptors (Lipinski definition) is 4. The Labute approximate surface area is 119 Å². The van der Waals surface area contributed by atoms with Gasteiger partial charge in [-0.05, 0) is 19.8 Å². The van der Waals surface area contributed by atoms with E-state index in [-0.39, 0.29) is 11.5 Å². The summed E-state index contributed by atoms with van der Waals surface area (Å²) >= 11 is 0. The van der Waals surface area contributed by atoms with Gasteiger partial charge in [0.15, 0.2) is 0 Å². The smallest absolute Gasteiger partial charge is 0.230 e. The summed E-state index contributed by atoms with van der Waals surface area (Å²) < 4.78 is 11.1. The zero-order chi connectivity index (χ0) is 14.0. The van der Waals surface area contributed by atoms with Crippen LogP contribution in [-0.4, -0.2) is 41.3 Å². The number of aryl methyl sites for hydroxylation is 1. The first-order valence-corrected chi connectivity index (χ1v) is 7.51. The van der Waals surface area contributed by atoms with Gasteiger partial charge in [-0.25, -0.2) is 0 Å². The van der Waals surface area contributed by atoms with E-state index < -0.39 is 0 Å². The van der Waals surface area contributed by atoms with Gasteiger partial charge in [0.1, 0.15) is 5.76 Å². The van der Waals surface area contributed by atoms with Gasteiger partial charge in [0.25, 0.3) is 0 Å². The summed E-state index contributed by atoms with van der Waals surface area (Å²) in [5.74, 6) is 0.770. The number of aromatic nitrogens is 1. The first-order chi connectivity index (χ1) is 9.67. The normalized spacial score (nSPS) is 22.1. The Bertz CT molecular complexity index is 472. The minimum atomic E-state index is -0.0799. The van der Waals surface area contributed by atoms with E-state index in [1.165, 1.54) is 19.3 Å². The van der Waals surface area contributed by atoms with E-state index in [1.54, 1.807) is 0 Å². The molecule has 3 rings (SSSR count). The molecule has 0 unspecified atom stereocenters. The van der Waals surface area contributed by atoms with Gasteiger partial charge < -0.3 is 14.2 Å². The maximum absolute atomic E-state index is 12.4. The Morgan fingerprint density at radius 2 is 2.20 bits per heavy atom. The minimum absolute atomic E-state index is 0.0799. The lowest BCUT2D eigenvalue weighted by Gasteiger charge is -2.45. The van der Waals surface area contributed by atoms with E-state index >= 15 is 0 Å². The molecule has 2 heterocycles. The summed E-state index contributed by atoms with van der Waals surface area (Å²) in [7, 11) is 0. The molecule has 1 aliphatic carbocycles. The fourth-order valence-corrected chi connectivity index (χ4v) is 3.32. The second kappa shape index (κ2) is 5.56. The molecule has 2 aliphatic rings. The van der Waals surface area contributed by atoms with Gasteiger partial charge >= 0.3 is 0 Å². The number of amides is 1. The SMILES string of the molecule is Cc1cc(CC(=O)N2CCOC3(CCCCC3)C2)on1. The first kappa shape index (κ1) is 13.6. The highest BCUT2D eigenvalue weighted by Crippen LogP contribution is 2.34. The highest BCUT2D eigenvalue weighted by atomic mass is 16.5. The molecule has 1 aromatic rings. The summed E-state index contributed by atoms with van der Waals surface area (Å²) in [6.45, 7) is 3.94. The van der Waals surface area contributed by atoms with Gasteiger partial charge in [-0.1, -0.05) is 24.4 Å². The number of nitrogens with zero attached hydrogens (tertiary/aromatic N) is 2. The van der Waals surface area contributed by atoms with Crippen molar-refractivity contribution in [2.24, 2.45) is 0 Å². The third kappa shape index (κ3) is 2.87.